The Morgan fingerprint density at radius 1 is 1.59 bits per heavy atom. The minimum Gasteiger partial charge on any atom is -0.351 e. The molecule has 2 amide bonds. The number of nitrogens with zero attached hydrogens (tertiary/aromatic N) is 1. The van der Waals surface area contributed by atoms with E-state index < -0.39 is 6.04 Å². The smallest absolute Gasteiger partial charge is 0.237 e. The van der Waals surface area contributed by atoms with Crippen LogP contribution in [0.15, 0.2) is 0 Å². The van der Waals surface area contributed by atoms with Crippen molar-refractivity contribution in [3.8, 4) is 0 Å². The fourth-order valence-corrected chi connectivity index (χ4v) is 2.07. The molecule has 1 heterocycles. The van der Waals surface area contributed by atoms with Crippen LogP contribution in [0.4, 0.5) is 0 Å². The van der Waals surface area contributed by atoms with Gasteiger partial charge in [-0.3, -0.25) is 9.59 Å². The Kier molecular flexibility index (Phi) is 5.41. The lowest BCUT2D eigenvalue weighted by atomic mass is 10.1. The average molecular weight is 241 g/mol. The molecule has 3 N–H and O–H groups in total. The molecule has 0 spiro atoms. The van der Waals surface area contributed by atoms with E-state index in [4.69, 9.17) is 5.73 Å². The summed E-state index contributed by atoms with van der Waals surface area (Å²) >= 11 is 0. The van der Waals surface area contributed by atoms with Crippen molar-refractivity contribution in [2.45, 2.75) is 51.6 Å². The molecule has 5 heteroatoms. The van der Waals surface area contributed by atoms with E-state index in [1.165, 1.54) is 0 Å². The second kappa shape index (κ2) is 6.59. The third-order valence-electron chi connectivity index (χ3n) is 2.99. The third kappa shape index (κ3) is 4.34. The highest BCUT2D eigenvalue weighted by atomic mass is 16.2. The van der Waals surface area contributed by atoms with Gasteiger partial charge in [-0.1, -0.05) is 13.3 Å². The van der Waals surface area contributed by atoms with Gasteiger partial charge in [-0.05, 0) is 19.8 Å². The first-order valence-corrected chi connectivity index (χ1v) is 6.38. The van der Waals surface area contributed by atoms with Crippen molar-refractivity contribution in [1.29, 1.82) is 0 Å². The molecule has 2 atom stereocenters. The van der Waals surface area contributed by atoms with Gasteiger partial charge >= 0.3 is 0 Å². The van der Waals surface area contributed by atoms with Crippen LogP contribution in [0.5, 0.6) is 0 Å². The Morgan fingerprint density at radius 2 is 2.29 bits per heavy atom. The van der Waals surface area contributed by atoms with E-state index in [2.05, 4.69) is 5.32 Å². The van der Waals surface area contributed by atoms with E-state index >= 15 is 0 Å². The van der Waals surface area contributed by atoms with Crippen molar-refractivity contribution in [3.05, 3.63) is 0 Å². The van der Waals surface area contributed by atoms with Crippen LogP contribution in [0.2, 0.25) is 0 Å². The number of hydrogen-bond acceptors (Lipinski definition) is 3. The molecule has 5 nitrogen and oxygen atoms in total. The van der Waals surface area contributed by atoms with Crippen molar-refractivity contribution in [2.24, 2.45) is 5.73 Å². The SMILES string of the molecule is CCC[C@@H](N)C(=O)NC(C)CN1CCCC1=O. The Morgan fingerprint density at radius 3 is 2.82 bits per heavy atom. The lowest BCUT2D eigenvalue weighted by Gasteiger charge is -2.23. The average Bonchev–Trinajstić information content (AvgIpc) is 2.64. The molecular formula is C12H23N3O2. The Labute approximate surface area is 103 Å². The molecule has 0 aromatic rings. The Bertz CT molecular complexity index is 281. The van der Waals surface area contributed by atoms with Gasteiger partial charge < -0.3 is 16.0 Å². The van der Waals surface area contributed by atoms with Crippen LogP contribution in [0.1, 0.15) is 39.5 Å². The number of hydrogen-bond donors (Lipinski definition) is 2. The predicted molar refractivity (Wildman–Crippen MR) is 66.3 cm³/mol. The highest BCUT2D eigenvalue weighted by Crippen LogP contribution is 2.09. The maximum absolute atomic E-state index is 11.7. The van der Waals surface area contributed by atoms with Crippen molar-refractivity contribution in [2.75, 3.05) is 13.1 Å². The molecule has 0 aromatic heterocycles. The standard InChI is InChI=1S/C12H23N3O2/c1-3-5-10(13)12(17)14-9(2)8-15-7-4-6-11(15)16/h9-10H,3-8,13H2,1-2H3,(H,14,17)/t9?,10-/m1/s1. The number of nitrogens with one attached hydrogen (secondary N) is 1. The van der Waals surface area contributed by atoms with Crippen LogP contribution >= 0.6 is 0 Å². The third-order valence-corrected chi connectivity index (χ3v) is 2.99. The summed E-state index contributed by atoms with van der Waals surface area (Å²) in [4.78, 5) is 24.9. The first-order valence-electron chi connectivity index (χ1n) is 6.38. The Balaban J connectivity index is 2.31. The lowest BCUT2D eigenvalue weighted by molar-refractivity contribution is -0.129. The molecule has 1 saturated heterocycles. The van der Waals surface area contributed by atoms with E-state index in [0.29, 0.717) is 19.4 Å². The summed E-state index contributed by atoms with van der Waals surface area (Å²) in [5, 5.41) is 2.85. The summed E-state index contributed by atoms with van der Waals surface area (Å²) in [5.74, 6) is 0.0648. The molecule has 98 valence electrons. The Hall–Kier alpha value is -1.10. The summed E-state index contributed by atoms with van der Waals surface area (Å²) in [6.45, 7) is 5.30. The van der Waals surface area contributed by atoms with Crippen LogP contribution in [0, 0.1) is 0 Å². The zero-order valence-electron chi connectivity index (χ0n) is 10.7. The van der Waals surface area contributed by atoms with Crippen molar-refractivity contribution in [3.63, 3.8) is 0 Å². The van der Waals surface area contributed by atoms with Gasteiger partial charge in [-0.2, -0.15) is 0 Å². The maximum atomic E-state index is 11.7. The molecule has 0 saturated carbocycles. The predicted octanol–water partition coefficient (Wildman–Crippen LogP) is 0.241. The minimum atomic E-state index is -0.434. The van der Waals surface area contributed by atoms with Crippen LogP contribution in [-0.2, 0) is 9.59 Å². The van der Waals surface area contributed by atoms with Gasteiger partial charge in [0.25, 0.3) is 0 Å². The van der Waals surface area contributed by atoms with Crippen molar-refractivity contribution < 1.29 is 9.59 Å². The van der Waals surface area contributed by atoms with Gasteiger partial charge in [0.1, 0.15) is 0 Å². The van der Waals surface area contributed by atoms with Crippen LogP contribution < -0.4 is 11.1 Å². The van der Waals surface area contributed by atoms with Crippen LogP contribution in [-0.4, -0.2) is 41.9 Å². The number of carbonyl (C=O) groups excluding carboxylic acids is 2. The van der Waals surface area contributed by atoms with Gasteiger partial charge in [0.15, 0.2) is 0 Å². The molecular weight excluding hydrogens is 218 g/mol. The number of likely N-dealkylation sites (tertiary alicyclic amines) is 1. The van der Waals surface area contributed by atoms with E-state index in [0.717, 1.165) is 19.4 Å². The second-order valence-corrected chi connectivity index (χ2v) is 4.75. The van der Waals surface area contributed by atoms with Gasteiger partial charge in [0.2, 0.25) is 11.8 Å². The summed E-state index contributed by atoms with van der Waals surface area (Å²) in [6.07, 6.45) is 3.15. The molecule has 17 heavy (non-hydrogen) atoms. The van der Waals surface area contributed by atoms with E-state index in [-0.39, 0.29) is 17.9 Å². The number of carbonyl (C=O) groups is 2. The second-order valence-electron chi connectivity index (χ2n) is 4.75. The molecule has 1 rings (SSSR count). The largest absolute Gasteiger partial charge is 0.351 e. The number of rotatable bonds is 6. The fourth-order valence-electron chi connectivity index (χ4n) is 2.07. The summed E-state index contributed by atoms with van der Waals surface area (Å²) in [5.41, 5.74) is 5.72. The van der Waals surface area contributed by atoms with Gasteiger partial charge in [-0.15, -0.1) is 0 Å². The quantitative estimate of drug-likeness (QED) is 0.699. The molecule has 1 aliphatic rings. The number of nitrogens with two attached hydrogens (primary N) is 1. The normalized spacial score (nSPS) is 19.2. The zero-order chi connectivity index (χ0) is 12.8. The van der Waals surface area contributed by atoms with Crippen molar-refractivity contribution >= 4 is 11.8 Å². The molecule has 0 aliphatic carbocycles. The van der Waals surface area contributed by atoms with E-state index in [9.17, 15) is 9.59 Å². The first kappa shape index (κ1) is 14.0. The molecule has 1 aliphatic heterocycles. The zero-order valence-corrected chi connectivity index (χ0v) is 10.7. The topological polar surface area (TPSA) is 75.4 Å². The van der Waals surface area contributed by atoms with Gasteiger partial charge in [-0.25, -0.2) is 0 Å². The van der Waals surface area contributed by atoms with Crippen LogP contribution in [0.3, 0.4) is 0 Å². The van der Waals surface area contributed by atoms with E-state index in [1.54, 1.807) is 4.90 Å². The molecule has 1 fully saturated rings. The first-order chi connectivity index (χ1) is 8.04. The minimum absolute atomic E-state index is 0.0348. The molecule has 1 unspecified atom stereocenters. The van der Waals surface area contributed by atoms with Gasteiger partial charge in [0, 0.05) is 25.6 Å². The highest BCUT2D eigenvalue weighted by Gasteiger charge is 2.23. The van der Waals surface area contributed by atoms with Gasteiger partial charge in [0.05, 0.1) is 6.04 Å². The van der Waals surface area contributed by atoms with E-state index in [1.807, 2.05) is 13.8 Å². The maximum Gasteiger partial charge on any atom is 0.237 e. The van der Waals surface area contributed by atoms with Crippen molar-refractivity contribution in [1.82, 2.24) is 10.2 Å². The summed E-state index contributed by atoms with van der Waals surface area (Å²) < 4.78 is 0. The monoisotopic (exact) mass is 241 g/mol. The summed E-state index contributed by atoms with van der Waals surface area (Å²) in [6, 6.07) is -0.468. The lowest BCUT2D eigenvalue weighted by Crippen LogP contribution is -2.48. The molecule has 0 aromatic carbocycles. The molecule has 0 radical (unpaired) electrons. The fraction of sp³-hybridized carbons (Fsp3) is 0.833. The molecule has 0 bridgehead atoms. The highest BCUT2D eigenvalue weighted by molar-refractivity contribution is 5.82. The van der Waals surface area contributed by atoms with Crippen LogP contribution in [0.25, 0.3) is 0 Å². The number of amides is 2. The summed E-state index contributed by atoms with van der Waals surface area (Å²) in [7, 11) is 0.